The molecule has 0 unspecified atom stereocenters. The van der Waals surface area contributed by atoms with Gasteiger partial charge in [-0.3, -0.25) is 9.36 Å². The molecule has 29 heavy (non-hydrogen) atoms. The van der Waals surface area contributed by atoms with Crippen molar-refractivity contribution in [3.05, 3.63) is 77.1 Å². The van der Waals surface area contributed by atoms with Crippen molar-refractivity contribution < 1.29 is 9.18 Å². The molecule has 1 spiro atoms. The van der Waals surface area contributed by atoms with Gasteiger partial charge in [-0.1, -0.05) is 12.1 Å². The van der Waals surface area contributed by atoms with Crippen molar-refractivity contribution in [3.63, 3.8) is 0 Å². The lowest BCUT2D eigenvalue weighted by atomic mass is 9.95. The molecule has 0 radical (unpaired) electrons. The first-order valence-electron chi connectivity index (χ1n) is 9.48. The number of carbonyl (C=O) groups is 1. The molecule has 1 aromatic heterocycles. The van der Waals surface area contributed by atoms with E-state index in [4.69, 9.17) is 4.98 Å². The molecular weight excluding hydrogens is 367 g/mol. The summed E-state index contributed by atoms with van der Waals surface area (Å²) in [6, 6.07) is 16.2. The normalized spacial score (nSPS) is 18.9. The molecule has 142 valence electrons. The van der Waals surface area contributed by atoms with E-state index in [1.165, 1.54) is 12.1 Å². The summed E-state index contributed by atoms with van der Waals surface area (Å²) in [5, 5.41) is 6.34. The molecule has 2 aliphatic heterocycles. The topological polar surface area (TPSA) is 59.0 Å². The van der Waals surface area contributed by atoms with Crippen LogP contribution >= 0.6 is 0 Å². The first-order valence-corrected chi connectivity index (χ1v) is 9.48. The van der Waals surface area contributed by atoms with E-state index in [0.717, 1.165) is 33.4 Å². The number of carbonyl (C=O) groups excluding carboxylic acids is 1. The van der Waals surface area contributed by atoms with E-state index < -0.39 is 11.5 Å². The van der Waals surface area contributed by atoms with Gasteiger partial charge in [0.25, 0.3) is 5.91 Å². The molecular formula is C23H17FN4O. The molecule has 1 atom stereocenters. The molecule has 6 heteroatoms. The zero-order valence-corrected chi connectivity index (χ0v) is 15.9. The van der Waals surface area contributed by atoms with E-state index in [0.29, 0.717) is 17.1 Å². The van der Waals surface area contributed by atoms with E-state index in [9.17, 15) is 9.18 Å². The molecule has 0 saturated heterocycles. The quantitative estimate of drug-likeness (QED) is 0.468. The van der Waals surface area contributed by atoms with Crippen molar-refractivity contribution in [2.24, 2.45) is 0 Å². The lowest BCUT2D eigenvalue weighted by Crippen LogP contribution is -2.50. The van der Waals surface area contributed by atoms with Crippen LogP contribution in [0.1, 0.15) is 16.7 Å². The smallest absolute Gasteiger partial charge is 0.276 e. The predicted octanol–water partition coefficient (Wildman–Crippen LogP) is 4.54. The van der Waals surface area contributed by atoms with Crippen LogP contribution in [0.5, 0.6) is 0 Å². The number of para-hydroxylation sites is 1. The van der Waals surface area contributed by atoms with Crippen molar-refractivity contribution in [2.75, 3.05) is 10.6 Å². The Morgan fingerprint density at radius 2 is 1.79 bits per heavy atom. The molecule has 3 aromatic carbocycles. The molecule has 5 nitrogen and oxygen atoms in total. The number of aryl methyl sites for hydroxylation is 2. The zero-order chi connectivity index (χ0) is 19.9. The third kappa shape index (κ3) is 1.93. The molecule has 4 aromatic rings. The third-order valence-electron chi connectivity index (χ3n) is 6.04. The average molecular weight is 384 g/mol. The van der Waals surface area contributed by atoms with Crippen LogP contribution in [-0.4, -0.2) is 15.5 Å². The highest BCUT2D eigenvalue weighted by molar-refractivity contribution is 6.10. The minimum atomic E-state index is -1.31. The first-order chi connectivity index (χ1) is 14.0. The van der Waals surface area contributed by atoms with Crippen LogP contribution in [0.2, 0.25) is 0 Å². The van der Waals surface area contributed by atoms with Crippen LogP contribution in [0.4, 0.5) is 15.8 Å². The number of anilines is 2. The number of halogens is 1. The van der Waals surface area contributed by atoms with Crippen molar-refractivity contribution >= 4 is 28.3 Å². The van der Waals surface area contributed by atoms with E-state index in [2.05, 4.69) is 10.6 Å². The van der Waals surface area contributed by atoms with Gasteiger partial charge < -0.3 is 10.6 Å². The van der Waals surface area contributed by atoms with Crippen LogP contribution < -0.4 is 10.6 Å². The van der Waals surface area contributed by atoms with E-state index in [-0.39, 0.29) is 5.91 Å². The third-order valence-corrected chi connectivity index (χ3v) is 6.04. The Balaban J connectivity index is 1.80. The number of nitrogens with zero attached hydrogens (tertiary/aromatic N) is 2. The Morgan fingerprint density at radius 3 is 2.66 bits per heavy atom. The summed E-state index contributed by atoms with van der Waals surface area (Å²) in [7, 11) is 0. The second-order valence-electron chi connectivity index (χ2n) is 7.72. The largest absolute Gasteiger partial charge is 0.350 e. The molecule has 1 amide bonds. The van der Waals surface area contributed by atoms with Crippen molar-refractivity contribution in [1.82, 2.24) is 9.55 Å². The fourth-order valence-electron chi connectivity index (χ4n) is 4.50. The number of hydrogen-bond acceptors (Lipinski definition) is 3. The fraction of sp³-hybridized carbons (Fsp3) is 0.130. The van der Waals surface area contributed by atoms with Gasteiger partial charge in [0.15, 0.2) is 0 Å². The van der Waals surface area contributed by atoms with Gasteiger partial charge in [0.1, 0.15) is 11.6 Å². The second kappa shape index (κ2) is 5.23. The van der Waals surface area contributed by atoms with Gasteiger partial charge >= 0.3 is 0 Å². The standard InChI is InChI=1S/C23H17FN4O/c1-12-9-19-20(10-13(12)2)28-21(25-19)15-5-3-4-6-17(15)27-23(28)16-11-14(24)7-8-18(16)26-22(23)29/h3-11,27H,1-2H3,(H,26,29)/t23-/m1/s1. The summed E-state index contributed by atoms with van der Waals surface area (Å²) < 4.78 is 16.2. The van der Waals surface area contributed by atoms with Crippen LogP contribution in [0.25, 0.3) is 22.4 Å². The van der Waals surface area contributed by atoms with Crippen LogP contribution in [0.15, 0.2) is 54.6 Å². The number of hydrogen-bond donors (Lipinski definition) is 2. The lowest BCUT2D eigenvalue weighted by Gasteiger charge is -2.37. The van der Waals surface area contributed by atoms with Gasteiger partial charge in [-0.2, -0.15) is 0 Å². The van der Waals surface area contributed by atoms with E-state index in [1.807, 2.05) is 54.8 Å². The van der Waals surface area contributed by atoms with Crippen LogP contribution in [-0.2, 0) is 10.5 Å². The summed E-state index contributed by atoms with van der Waals surface area (Å²) in [4.78, 5) is 18.3. The van der Waals surface area contributed by atoms with Crippen molar-refractivity contribution in [1.29, 1.82) is 0 Å². The minimum absolute atomic E-state index is 0.258. The molecule has 6 rings (SSSR count). The maximum Gasteiger partial charge on any atom is 0.276 e. The maximum absolute atomic E-state index is 14.3. The number of imidazole rings is 1. The Kier molecular flexibility index (Phi) is 2.94. The predicted molar refractivity (Wildman–Crippen MR) is 110 cm³/mol. The van der Waals surface area contributed by atoms with Gasteiger partial charge in [-0.05, 0) is 67.4 Å². The summed E-state index contributed by atoms with van der Waals surface area (Å²) in [5.41, 5.74) is 5.40. The Bertz CT molecular complexity index is 1370. The lowest BCUT2D eigenvalue weighted by molar-refractivity contribution is -0.120. The number of amides is 1. The number of fused-ring (bicyclic) bond motifs is 8. The maximum atomic E-state index is 14.3. The monoisotopic (exact) mass is 384 g/mol. The van der Waals surface area contributed by atoms with Crippen LogP contribution in [0.3, 0.4) is 0 Å². The molecule has 2 N–H and O–H groups in total. The Hall–Kier alpha value is -3.67. The van der Waals surface area contributed by atoms with Gasteiger partial charge in [0.2, 0.25) is 5.66 Å². The summed E-state index contributed by atoms with van der Waals surface area (Å²) in [5.74, 6) is 0.0382. The molecule has 3 heterocycles. The Morgan fingerprint density at radius 1 is 1.00 bits per heavy atom. The summed E-state index contributed by atoms with van der Waals surface area (Å²) in [6.45, 7) is 4.08. The molecule has 0 fully saturated rings. The van der Waals surface area contributed by atoms with E-state index >= 15 is 0 Å². The van der Waals surface area contributed by atoms with E-state index in [1.54, 1.807) is 6.07 Å². The number of aromatic nitrogens is 2. The highest BCUT2D eigenvalue weighted by Gasteiger charge is 2.53. The summed E-state index contributed by atoms with van der Waals surface area (Å²) >= 11 is 0. The fourth-order valence-corrected chi connectivity index (χ4v) is 4.50. The van der Waals surface area contributed by atoms with Crippen molar-refractivity contribution in [3.8, 4) is 11.4 Å². The second-order valence-corrected chi connectivity index (χ2v) is 7.72. The summed E-state index contributed by atoms with van der Waals surface area (Å²) in [6.07, 6.45) is 0. The van der Waals surface area contributed by atoms with Gasteiger partial charge in [0.05, 0.1) is 11.0 Å². The number of benzene rings is 3. The van der Waals surface area contributed by atoms with Gasteiger partial charge in [0, 0.05) is 22.5 Å². The molecule has 0 bridgehead atoms. The number of rotatable bonds is 0. The number of nitrogens with one attached hydrogen (secondary N) is 2. The molecule has 2 aliphatic rings. The molecule has 0 saturated carbocycles. The van der Waals surface area contributed by atoms with Gasteiger partial charge in [-0.25, -0.2) is 9.37 Å². The SMILES string of the molecule is Cc1cc2nc3n(c2cc1C)[C@@]1(Nc2ccccc2-3)C(=O)Nc2ccc(F)cc21. The van der Waals surface area contributed by atoms with Crippen LogP contribution in [0, 0.1) is 19.7 Å². The Labute approximate surface area is 166 Å². The molecule has 0 aliphatic carbocycles. The van der Waals surface area contributed by atoms with Crippen molar-refractivity contribution in [2.45, 2.75) is 19.5 Å². The average Bonchev–Trinajstić information content (AvgIpc) is 3.19. The highest BCUT2D eigenvalue weighted by Crippen LogP contribution is 2.49. The zero-order valence-electron chi connectivity index (χ0n) is 15.9. The first kappa shape index (κ1) is 16.3. The van der Waals surface area contributed by atoms with Gasteiger partial charge in [-0.15, -0.1) is 0 Å². The minimum Gasteiger partial charge on any atom is -0.350 e. The highest BCUT2D eigenvalue weighted by atomic mass is 19.1.